The maximum absolute atomic E-state index is 12.5. The second-order valence-electron chi connectivity index (χ2n) is 6.73. The summed E-state index contributed by atoms with van der Waals surface area (Å²) in [6.07, 6.45) is 5.02. The van der Waals surface area contributed by atoms with Gasteiger partial charge in [-0.05, 0) is 38.4 Å². The summed E-state index contributed by atoms with van der Waals surface area (Å²) >= 11 is 0. The van der Waals surface area contributed by atoms with Gasteiger partial charge in [-0.3, -0.25) is 9.69 Å². The molecule has 5 nitrogen and oxygen atoms in total. The zero-order valence-electron chi connectivity index (χ0n) is 15.1. The van der Waals surface area contributed by atoms with Gasteiger partial charge in [0.1, 0.15) is 0 Å². The molecule has 1 aliphatic heterocycles. The van der Waals surface area contributed by atoms with E-state index in [9.17, 15) is 4.79 Å². The molecule has 3 rings (SSSR count). The molecule has 1 N–H and O–H groups in total. The minimum absolute atomic E-state index is 0.186. The first kappa shape index (κ1) is 17.7. The van der Waals surface area contributed by atoms with Crippen molar-refractivity contribution in [2.45, 2.75) is 45.6 Å². The van der Waals surface area contributed by atoms with Crippen LogP contribution in [-0.4, -0.2) is 35.4 Å². The van der Waals surface area contributed by atoms with Gasteiger partial charge in [0, 0.05) is 13.5 Å². The maximum Gasteiger partial charge on any atom is 0.289 e. The van der Waals surface area contributed by atoms with Crippen molar-refractivity contribution in [1.82, 2.24) is 15.2 Å². The standard InChI is InChI=1S/C20H27N3O2/c1-15-19(25-16(2)22-15)20(24)21-14-18(17-10-6-5-7-11-17)23-12-8-3-4-9-13-23/h5-7,10-11,18H,3-4,8-9,12-14H2,1-2H3,(H,21,24). The first-order chi connectivity index (χ1) is 12.1. The van der Waals surface area contributed by atoms with E-state index in [0.29, 0.717) is 23.9 Å². The highest BCUT2D eigenvalue weighted by atomic mass is 16.4. The molecule has 1 fully saturated rings. The second kappa shape index (κ2) is 8.30. The molecule has 0 radical (unpaired) electrons. The Bertz CT molecular complexity index is 688. The zero-order chi connectivity index (χ0) is 17.6. The van der Waals surface area contributed by atoms with E-state index in [1.165, 1.54) is 31.2 Å². The van der Waals surface area contributed by atoms with Gasteiger partial charge in [0.05, 0.1) is 11.7 Å². The fourth-order valence-electron chi connectivity index (χ4n) is 3.55. The van der Waals surface area contributed by atoms with Crippen LogP contribution in [0.4, 0.5) is 0 Å². The molecule has 2 heterocycles. The van der Waals surface area contributed by atoms with E-state index in [2.05, 4.69) is 39.5 Å². The monoisotopic (exact) mass is 341 g/mol. The average molecular weight is 341 g/mol. The van der Waals surface area contributed by atoms with Crippen LogP contribution < -0.4 is 5.32 Å². The van der Waals surface area contributed by atoms with Gasteiger partial charge in [0.2, 0.25) is 5.76 Å². The number of benzene rings is 1. The minimum atomic E-state index is -0.186. The lowest BCUT2D eigenvalue weighted by Gasteiger charge is -2.31. The molecule has 2 aromatic rings. The second-order valence-corrected chi connectivity index (χ2v) is 6.73. The Morgan fingerprint density at radius 1 is 1.16 bits per heavy atom. The summed E-state index contributed by atoms with van der Waals surface area (Å²) in [6, 6.07) is 10.6. The third kappa shape index (κ3) is 4.48. The van der Waals surface area contributed by atoms with Crippen LogP contribution in [0.5, 0.6) is 0 Å². The molecule has 25 heavy (non-hydrogen) atoms. The Kier molecular flexibility index (Phi) is 5.87. The Morgan fingerprint density at radius 2 is 1.84 bits per heavy atom. The van der Waals surface area contributed by atoms with Crippen molar-refractivity contribution in [2.24, 2.45) is 0 Å². The van der Waals surface area contributed by atoms with Crippen molar-refractivity contribution in [3.63, 3.8) is 0 Å². The Balaban J connectivity index is 1.73. The van der Waals surface area contributed by atoms with E-state index >= 15 is 0 Å². The number of likely N-dealkylation sites (tertiary alicyclic amines) is 1. The number of carbonyl (C=O) groups is 1. The molecule has 1 amide bonds. The predicted octanol–water partition coefficient (Wildman–Crippen LogP) is 3.64. The molecule has 1 aliphatic rings. The summed E-state index contributed by atoms with van der Waals surface area (Å²) in [5, 5.41) is 3.06. The molecule has 1 aromatic carbocycles. The number of rotatable bonds is 5. The van der Waals surface area contributed by atoms with Gasteiger partial charge in [-0.25, -0.2) is 4.98 Å². The summed E-state index contributed by atoms with van der Waals surface area (Å²) in [5.74, 6) is 0.656. The van der Waals surface area contributed by atoms with Gasteiger partial charge in [-0.2, -0.15) is 0 Å². The number of nitrogens with one attached hydrogen (secondary N) is 1. The van der Waals surface area contributed by atoms with Gasteiger partial charge < -0.3 is 9.73 Å². The SMILES string of the molecule is Cc1nc(C)c(C(=O)NCC(c2ccccc2)N2CCCCCC2)o1. The lowest BCUT2D eigenvalue weighted by molar-refractivity contribution is 0.0903. The van der Waals surface area contributed by atoms with Crippen LogP contribution in [0.15, 0.2) is 34.7 Å². The fraction of sp³-hybridized carbons (Fsp3) is 0.500. The lowest BCUT2D eigenvalue weighted by Crippen LogP contribution is -2.38. The summed E-state index contributed by atoms with van der Waals surface area (Å²) < 4.78 is 5.44. The van der Waals surface area contributed by atoms with Crippen molar-refractivity contribution in [2.75, 3.05) is 19.6 Å². The van der Waals surface area contributed by atoms with Crippen LogP contribution in [0.1, 0.15) is 59.4 Å². The van der Waals surface area contributed by atoms with E-state index in [0.717, 1.165) is 13.1 Å². The maximum atomic E-state index is 12.5. The summed E-state index contributed by atoms with van der Waals surface area (Å²) in [7, 11) is 0. The van der Waals surface area contributed by atoms with Gasteiger partial charge >= 0.3 is 0 Å². The minimum Gasteiger partial charge on any atom is -0.436 e. The summed E-state index contributed by atoms with van der Waals surface area (Å²) in [5.41, 5.74) is 1.89. The quantitative estimate of drug-likeness (QED) is 0.902. The third-order valence-electron chi connectivity index (χ3n) is 4.83. The van der Waals surface area contributed by atoms with Gasteiger partial charge in [0.15, 0.2) is 5.89 Å². The van der Waals surface area contributed by atoms with Crippen LogP contribution in [0.25, 0.3) is 0 Å². The van der Waals surface area contributed by atoms with E-state index < -0.39 is 0 Å². The lowest BCUT2D eigenvalue weighted by atomic mass is 10.0. The molecular weight excluding hydrogens is 314 g/mol. The van der Waals surface area contributed by atoms with Gasteiger partial charge in [0.25, 0.3) is 5.91 Å². The van der Waals surface area contributed by atoms with Gasteiger partial charge in [-0.15, -0.1) is 0 Å². The van der Waals surface area contributed by atoms with E-state index in [-0.39, 0.29) is 11.9 Å². The number of hydrogen-bond acceptors (Lipinski definition) is 4. The van der Waals surface area contributed by atoms with Crippen molar-refractivity contribution < 1.29 is 9.21 Å². The number of nitrogens with zero attached hydrogens (tertiary/aromatic N) is 2. The number of carbonyl (C=O) groups excluding carboxylic acids is 1. The van der Waals surface area contributed by atoms with E-state index in [4.69, 9.17) is 4.42 Å². The molecule has 1 saturated heterocycles. The van der Waals surface area contributed by atoms with Crippen LogP contribution in [0.3, 0.4) is 0 Å². The van der Waals surface area contributed by atoms with Crippen LogP contribution in [0, 0.1) is 13.8 Å². The highest BCUT2D eigenvalue weighted by molar-refractivity contribution is 5.92. The number of amides is 1. The van der Waals surface area contributed by atoms with Crippen molar-refractivity contribution in [3.8, 4) is 0 Å². The first-order valence-electron chi connectivity index (χ1n) is 9.16. The number of hydrogen-bond donors (Lipinski definition) is 1. The Morgan fingerprint density at radius 3 is 2.44 bits per heavy atom. The molecule has 1 unspecified atom stereocenters. The number of aryl methyl sites for hydroxylation is 2. The van der Waals surface area contributed by atoms with Crippen LogP contribution in [-0.2, 0) is 0 Å². The third-order valence-corrected chi connectivity index (χ3v) is 4.83. The molecule has 1 aromatic heterocycles. The largest absolute Gasteiger partial charge is 0.436 e. The van der Waals surface area contributed by atoms with Crippen LogP contribution in [0.2, 0.25) is 0 Å². The van der Waals surface area contributed by atoms with Gasteiger partial charge in [-0.1, -0.05) is 43.2 Å². The van der Waals surface area contributed by atoms with E-state index in [1.54, 1.807) is 13.8 Å². The predicted molar refractivity (Wildman–Crippen MR) is 97.5 cm³/mol. The molecular formula is C20H27N3O2. The molecule has 0 saturated carbocycles. The highest BCUT2D eigenvalue weighted by Gasteiger charge is 2.23. The topological polar surface area (TPSA) is 58.4 Å². The van der Waals surface area contributed by atoms with Crippen molar-refractivity contribution >= 4 is 5.91 Å². The zero-order valence-corrected chi connectivity index (χ0v) is 15.1. The van der Waals surface area contributed by atoms with Crippen molar-refractivity contribution in [1.29, 1.82) is 0 Å². The molecule has 0 aliphatic carbocycles. The van der Waals surface area contributed by atoms with E-state index in [1.807, 2.05) is 6.07 Å². The Hall–Kier alpha value is -2.14. The fourth-order valence-corrected chi connectivity index (χ4v) is 3.55. The Labute approximate surface area is 149 Å². The number of aromatic nitrogens is 1. The highest BCUT2D eigenvalue weighted by Crippen LogP contribution is 2.24. The molecule has 0 spiro atoms. The van der Waals surface area contributed by atoms with Crippen LogP contribution >= 0.6 is 0 Å². The summed E-state index contributed by atoms with van der Waals surface area (Å²) in [4.78, 5) is 19.2. The summed E-state index contributed by atoms with van der Waals surface area (Å²) in [6.45, 7) is 6.29. The molecule has 5 heteroatoms. The first-order valence-corrected chi connectivity index (χ1v) is 9.16. The molecule has 0 bridgehead atoms. The number of oxazole rings is 1. The smallest absolute Gasteiger partial charge is 0.289 e. The average Bonchev–Trinajstić information content (AvgIpc) is 2.80. The molecule has 134 valence electrons. The normalized spacial score (nSPS) is 17.0. The van der Waals surface area contributed by atoms with Crippen molar-refractivity contribution in [3.05, 3.63) is 53.2 Å². The molecule has 1 atom stereocenters.